The molecule has 18 heavy (non-hydrogen) atoms. The smallest absolute Gasteiger partial charge is 0.328 e. The predicted molar refractivity (Wildman–Crippen MR) is 68.4 cm³/mol. The lowest BCUT2D eigenvalue weighted by molar-refractivity contribution is -0.131. The SMILES string of the molecule is O=C(O)C=Cc1ccc(OCC2CCCC2)cn1. The minimum atomic E-state index is -0.974. The van der Waals surface area contributed by atoms with E-state index in [1.54, 1.807) is 12.3 Å². The monoisotopic (exact) mass is 247 g/mol. The Kier molecular flexibility index (Phi) is 4.34. The van der Waals surface area contributed by atoms with Crippen LogP contribution in [0.25, 0.3) is 6.08 Å². The van der Waals surface area contributed by atoms with Crippen LogP contribution in [0.2, 0.25) is 0 Å². The van der Waals surface area contributed by atoms with Gasteiger partial charge >= 0.3 is 5.97 Å². The highest BCUT2D eigenvalue weighted by Crippen LogP contribution is 2.25. The lowest BCUT2D eigenvalue weighted by Gasteiger charge is -2.10. The van der Waals surface area contributed by atoms with E-state index in [1.807, 2.05) is 6.07 Å². The van der Waals surface area contributed by atoms with E-state index in [0.29, 0.717) is 11.6 Å². The first kappa shape index (κ1) is 12.6. The molecule has 0 spiro atoms. The minimum Gasteiger partial charge on any atom is -0.492 e. The molecule has 1 aliphatic carbocycles. The summed E-state index contributed by atoms with van der Waals surface area (Å²) in [6, 6.07) is 3.58. The summed E-state index contributed by atoms with van der Waals surface area (Å²) < 4.78 is 5.67. The van der Waals surface area contributed by atoms with Crippen LogP contribution in [-0.2, 0) is 4.79 Å². The first-order valence-corrected chi connectivity index (χ1v) is 6.24. The standard InChI is InChI=1S/C14H17NO3/c16-14(17)8-6-12-5-7-13(9-15-12)18-10-11-3-1-2-4-11/h5-9,11H,1-4,10H2,(H,16,17). The predicted octanol–water partition coefficient (Wildman–Crippen LogP) is 2.75. The summed E-state index contributed by atoms with van der Waals surface area (Å²) in [4.78, 5) is 14.5. The Hall–Kier alpha value is -1.84. The minimum absolute atomic E-state index is 0.616. The molecule has 0 bridgehead atoms. The second-order valence-corrected chi connectivity index (χ2v) is 4.55. The molecule has 1 N–H and O–H groups in total. The maximum absolute atomic E-state index is 10.3. The molecule has 0 radical (unpaired) electrons. The van der Waals surface area contributed by atoms with Crippen molar-refractivity contribution >= 4 is 12.0 Å². The molecule has 0 saturated heterocycles. The van der Waals surface area contributed by atoms with Crippen molar-refractivity contribution in [2.45, 2.75) is 25.7 Å². The Labute approximate surface area is 106 Å². The van der Waals surface area contributed by atoms with Crippen molar-refractivity contribution in [3.8, 4) is 5.75 Å². The van der Waals surface area contributed by atoms with E-state index in [4.69, 9.17) is 9.84 Å². The van der Waals surface area contributed by atoms with Crippen molar-refractivity contribution in [3.05, 3.63) is 30.1 Å². The number of ether oxygens (including phenoxy) is 1. The number of aliphatic carboxylic acids is 1. The fourth-order valence-electron chi connectivity index (χ4n) is 2.12. The second kappa shape index (κ2) is 6.19. The van der Waals surface area contributed by atoms with Crippen LogP contribution in [0.5, 0.6) is 5.75 Å². The van der Waals surface area contributed by atoms with E-state index < -0.39 is 5.97 Å². The van der Waals surface area contributed by atoms with E-state index in [9.17, 15) is 4.79 Å². The summed E-state index contributed by atoms with van der Waals surface area (Å²) >= 11 is 0. The molecule has 0 aliphatic heterocycles. The molecule has 4 nitrogen and oxygen atoms in total. The topological polar surface area (TPSA) is 59.4 Å². The van der Waals surface area contributed by atoms with Crippen LogP contribution < -0.4 is 4.74 Å². The van der Waals surface area contributed by atoms with Gasteiger partial charge in [-0.25, -0.2) is 4.79 Å². The summed E-state index contributed by atoms with van der Waals surface area (Å²) in [6.45, 7) is 0.756. The number of carboxylic acid groups (broad SMARTS) is 1. The highest BCUT2D eigenvalue weighted by atomic mass is 16.5. The molecule has 4 heteroatoms. The number of nitrogens with zero attached hydrogens (tertiary/aromatic N) is 1. The lowest BCUT2D eigenvalue weighted by atomic mass is 10.1. The number of carbonyl (C=O) groups is 1. The third-order valence-corrected chi connectivity index (χ3v) is 3.12. The molecule has 1 aromatic heterocycles. The number of hydrogen-bond acceptors (Lipinski definition) is 3. The molecular weight excluding hydrogens is 230 g/mol. The number of aromatic nitrogens is 1. The van der Waals surface area contributed by atoms with Gasteiger partial charge in [-0.1, -0.05) is 12.8 Å². The van der Waals surface area contributed by atoms with Crippen LogP contribution >= 0.6 is 0 Å². The van der Waals surface area contributed by atoms with E-state index in [-0.39, 0.29) is 0 Å². The molecule has 1 heterocycles. The maximum Gasteiger partial charge on any atom is 0.328 e. The van der Waals surface area contributed by atoms with Gasteiger partial charge in [-0.15, -0.1) is 0 Å². The zero-order valence-electron chi connectivity index (χ0n) is 10.2. The summed E-state index contributed by atoms with van der Waals surface area (Å²) in [5.41, 5.74) is 0.616. The molecular formula is C14H17NO3. The van der Waals surface area contributed by atoms with Crippen molar-refractivity contribution in [1.82, 2.24) is 4.98 Å². The summed E-state index contributed by atoms with van der Waals surface area (Å²) in [6.07, 6.45) is 9.30. The molecule has 1 saturated carbocycles. The Morgan fingerprint density at radius 1 is 1.44 bits per heavy atom. The fraction of sp³-hybridized carbons (Fsp3) is 0.429. The quantitative estimate of drug-likeness (QED) is 0.813. The van der Waals surface area contributed by atoms with Crippen molar-refractivity contribution in [2.75, 3.05) is 6.61 Å². The molecule has 96 valence electrons. The van der Waals surface area contributed by atoms with Crippen LogP contribution in [0.1, 0.15) is 31.4 Å². The molecule has 1 fully saturated rings. The van der Waals surface area contributed by atoms with Gasteiger partial charge < -0.3 is 9.84 Å². The second-order valence-electron chi connectivity index (χ2n) is 4.55. The number of carboxylic acids is 1. The molecule has 2 rings (SSSR count). The molecule has 0 unspecified atom stereocenters. The van der Waals surface area contributed by atoms with Gasteiger partial charge in [0.25, 0.3) is 0 Å². The summed E-state index contributed by atoms with van der Waals surface area (Å²) in [5.74, 6) is 0.448. The van der Waals surface area contributed by atoms with Gasteiger partial charge in [0, 0.05) is 6.08 Å². The van der Waals surface area contributed by atoms with E-state index in [1.165, 1.54) is 31.8 Å². The van der Waals surface area contributed by atoms with E-state index >= 15 is 0 Å². The summed E-state index contributed by atoms with van der Waals surface area (Å²) in [5, 5.41) is 8.50. The van der Waals surface area contributed by atoms with Crippen molar-refractivity contribution < 1.29 is 14.6 Å². The zero-order chi connectivity index (χ0) is 12.8. The first-order chi connectivity index (χ1) is 8.74. The number of hydrogen-bond donors (Lipinski definition) is 1. The van der Waals surface area contributed by atoms with Crippen LogP contribution in [0, 0.1) is 5.92 Å². The first-order valence-electron chi connectivity index (χ1n) is 6.24. The molecule has 0 aromatic carbocycles. The van der Waals surface area contributed by atoms with Crippen LogP contribution in [0.4, 0.5) is 0 Å². The zero-order valence-corrected chi connectivity index (χ0v) is 10.2. The Bertz CT molecular complexity index is 419. The van der Waals surface area contributed by atoms with E-state index in [2.05, 4.69) is 4.98 Å². The van der Waals surface area contributed by atoms with Gasteiger partial charge in [-0.2, -0.15) is 0 Å². The van der Waals surface area contributed by atoms with Crippen molar-refractivity contribution in [1.29, 1.82) is 0 Å². The molecule has 0 amide bonds. The van der Waals surface area contributed by atoms with Gasteiger partial charge in [0.15, 0.2) is 0 Å². The number of pyridine rings is 1. The molecule has 1 aliphatic rings. The average Bonchev–Trinajstić information content (AvgIpc) is 2.88. The van der Waals surface area contributed by atoms with Crippen molar-refractivity contribution in [2.24, 2.45) is 5.92 Å². The lowest BCUT2D eigenvalue weighted by Crippen LogP contribution is -2.08. The highest BCUT2D eigenvalue weighted by molar-refractivity contribution is 5.84. The highest BCUT2D eigenvalue weighted by Gasteiger charge is 2.15. The maximum atomic E-state index is 10.3. The van der Waals surface area contributed by atoms with Gasteiger partial charge in [0.05, 0.1) is 18.5 Å². The van der Waals surface area contributed by atoms with Gasteiger partial charge in [-0.3, -0.25) is 4.98 Å². The van der Waals surface area contributed by atoms with E-state index in [0.717, 1.165) is 18.4 Å². The molecule has 1 aromatic rings. The van der Waals surface area contributed by atoms with Gasteiger partial charge in [0.2, 0.25) is 0 Å². The largest absolute Gasteiger partial charge is 0.492 e. The van der Waals surface area contributed by atoms with Crippen LogP contribution in [-0.4, -0.2) is 22.7 Å². The van der Waals surface area contributed by atoms with Crippen LogP contribution in [0.15, 0.2) is 24.4 Å². The fourth-order valence-corrected chi connectivity index (χ4v) is 2.12. The van der Waals surface area contributed by atoms with Crippen molar-refractivity contribution in [3.63, 3.8) is 0 Å². The third-order valence-electron chi connectivity index (χ3n) is 3.12. The van der Waals surface area contributed by atoms with Gasteiger partial charge in [0.1, 0.15) is 5.75 Å². The normalized spacial score (nSPS) is 16.2. The average molecular weight is 247 g/mol. The third kappa shape index (κ3) is 3.87. The van der Waals surface area contributed by atoms with Crippen LogP contribution in [0.3, 0.4) is 0 Å². The summed E-state index contributed by atoms with van der Waals surface area (Å²) in [7, 11) is 0. The number of rotatable bonds is 5. The Morgan fingerprint density at radius 3 is 2.83 bits per heavy atom. The van der Waals surface area contributed by atoms with Gasteiger partial charge in [-0.05, 0) is 37.0 Å². The Morgan fingerprint density at radius 2 is 2.22 bits per heavy atom. The Balaban J connectivity index is 1.85. The molecule has 0 atom stereocenters.